The lowest BCUT2D eigenvalue weighted by Gasteiger charge is -2.34. The Bertz CT molecular complexity index is 1190. The highest BCUT2D eigenvalue weighted by atomic mass is 16.1. The molecule has 0 aliphatic carbocycles. The van der Waals surface area contributed by atoms with Crippen molar-refractivity contribution >= 4 is 10.9 Å². The molecule has 1 aliphatic rings. The summed E-state index contributed by atoms with van der Waals surface area (Å²) in [6.07, 6.45) is 4.43. The zero-order valence-corrected chi connectivity index (χ0v) is 15.6. The van der Waals surface area contributed by atoms with Crippen LogP contribution in [0.5, 0.6) is 0 Å². The standard InChI is InChI=1S/C22H21N5O/c1-14-5-4-6-15-11-16(22(28)26-19(14)15)12-27-10-8-17-20(25-13-24-17)21(27)18-7-2-3-9-23-18/h2-7,9,11,13,21H,8,10,12H2,1H3,(H,24,25)(H,26,28). The summed E-state index contributed by atoms with van der Waals surface area (Å²) in [6.45, 7) is 3.40. The van der Waals surface area contributed by atoms with Crippen molar-refractivity contribution in [1.82, 2.24) is 24.8 Å². The van der Waals surface area contributed by atoms with Crippen molar-refractivity contribution in [2.75, 3.05) is 6.54 Å². The van der Waals surface area contributed by atoms with E-state index >= 15 is 0 Å². The lowest BCUT2D eigenvalue weighted by atomic mass is 9.98. The summed E-state index contributed by atoms with van der Waals surface area (Å²) < 4.78 is 0. The first-order chi connectivity index (χ1) is 13.7. The average molecular weight is 371 g/mol. The van der Waals surface area contributed by atoms with Crippen LogP contribution in [-0.2, 0) is 13.0 Å². The molecule has 3 aromatic heterocycles. The van der Waals surface area contributed by atoms with Crippen molar-refractivity contribution in [2.45, 2.75) is 25.9 Å². The van der Waals surface area contributed by atoms with Crippen LogP contribution in [0.25, 0.3) is 10.9 Å². The van der Waals surface area contributed by atoms with Gasteiger partial charge >= 0.3 is 0 Å². The number of nitrogens with one attached hydrogen (secondary N) is 2. The molecule has 5 rings (SSSR count). The minimum absolute atomic E-state index is 0.0330. The summed E-state index contributed by atoms with van der Waals surface area (Å²) in [5.74, 6) is 0. The van der Waals surface area contributed by atoms with Crippen molar-refractivity contribution in [1.29, 1.82) is 0 Å². The van der Waals surface area contributed by atoms with E-state index in [1.54, 1.807) is 12.5 Å². The highest BCUT2D eigenvalue weighted by Crippen LogP contribution is 2.33. The smallest absolute Gasteiger partial charge is 0.252 e. The summed E-state index contributed by atoms with van der Waals surface area (Å²) >= 11 is 0. The fraction of sp³-hybridized carbons (Fsp3) is 0.227. The van der Waals surface area contributed by atoms with Gasteiger partial charge < -0.3 is 9.97 Å². The quantitative estimate of drug-likeness (QED) is 0.580. The van der Waals surface area contributed by atoms with Crippen molar-refractivity contribution in [3.8, 4) is 0 Å². The van der Waals surface area contributed by atoms with Gasteiger partial charge in [0.05, 0.1) is 29.3 Å². The molecule has 6 heteroatoms. The Morgan fingerprint density at radius 3 is 2.96 bits per heavy atom. The van der Waals surface area contributed by atoms with Gasteiger partial charge in [0.2, 0.25) is 0 Å². The van der Waals surface area contributed by atoms with E-state index < -0.39 is 0 Å². The fourth-order valence-electron chi connectivity index (χ4n) is 4.12. The summed E-state index contributed by atoms with van der Waals surface area (Å²) in [5, 5.41) is 1.06. The normalized spacial score (nSPS) is 17.0. The Morgan fingerprint density at radius 2 is 2.11 bits per heavy atom. The zero-order chi connectivity index (χ0) is 19.1. The second kappa shape index (κ2) is 6.73. The highest BCUT2D eigenvalue weighted by Gasteiger charge is 2.32. The molecule has 0 spiro atoms. The van der Waals surface area contributed by atoms with E-state index in [0.29, 0.717) is 6.54 Å². The van der Waals surface area contributed by atoms with Crippen LogP contribution < -0.4 is 5.56 Å². The van der Waals surface area contributed by atoms with Gasteiger partial charge in [-0.25, -0.2) is 4.98 Å². The van der Waals surface area contributed by atoms with E-state index in [1.165, 1.54) is 0 Å². The minimum Gasteiger partial charge on any atom is -0.348 e. The number of imidazole rings is 1. The van der Waals surface area contributed by atoms with Gasteiger partial charge in [0.25, 0.3) is 5.56 Å². The lowest BCUT2D eigenvalue weighted by Crippen LogP contribution is -2.37. The van der Waals surface area contributed by atoms with E-state index in [1.807, 2.05) is 49.4 Å². The first kappa shape index (κ1) is 16.9. The van der Waals surface area contributed by atoms with Gasteiger partial charge in [-0.2, -0.15) is 0 Å². The van der Waals surface area contributed by atoms with E-state index in [-0.39, 0.29) is 11.6 Å². The molecule has 0 amide bonds. The first-order valence-electron chi connectivity index (χ1n) is 9.49. The monoisotopic (exact) mass is 371 g/mol. The average Bonchev–Trinajstić information content (AvgIpc) is 3.19. The predicted molar refractivity (Wildman–Crippen MR) is 108 cm³/mol. The van der Waals surface area contributed by atoms with Gasteiger partial charge in [-0.3, -0.25) is 14.7 Å². The van der Waals surface area contributed by atoms with Crippen LogP contribution in [-0.4, -0.2) is 31.4 Å². The van der Waals surface area contributed by atoms with Crippen LogP contribution in [0.1, 0.15) is 34.3 Å². The molecule has 0 saturated carbocycles. The maximum atomic E-state index is 12.8. The van der Waals surface area contributed by atoms with Crippen molar-refractivity contribution in [2.24, 2.45) is 0 Å². The third-order valence-electron chi connectivity index (χ3n) is 5.53. The Labute approximate surface area is 162 Å². The van der Waals surface area contributed by atoms with Crippen LogP contribution in [0, 0.1) is 6.92 Å². The van der Waals surface area contributed by atoms with Crippen molar-refractivity contribution in [3.05, 3.63) is 93.6 Å². The van der Waals surface area contributed by atoms with E-state index in [2.05, 4.69) is 24.8 Å². The minimum atomic E-state index is -0.0659. The van der Waals surface area contributed by atoms with Gasteiger partial charge in [0.15, 0.2) is 0 Å². The molecule has 0 radical (unpaired) electrons. The molecular formula is C22H21N5O. The van der Waals surface area contributed by atoms with E-state index in [9.17, 15) is 4.79 Å². The van der Waals surface area contributed by atoms with Gasteiger partial charge in [-0.1, -0.05) is 24.3 Å². The molecule has 4 heterocycles. The number of nitrogens with zero attached hydrogens (tertiary/aromatic N) is 3. The lowest BCUT2D eigenvalue weighted by molar-refractivity contribution is 0.196. The van der Waals surface area contributed by atoms with Gasteiger partial charge in [0.1, 0.15) is 0 Å². The molecule has 0 fully saturated rings. The number of benzene rings is 1. The molecule has 140 valence electrons. The molecule has 1 aromatic carbocycles. The maximum Gasteiger partial charge on any atom is 0.252 e. The van der Waals surface area contributed by atoms with Crippen LogP contribution in [0.2, 0.25) is 0 Å². The Balaban J connectivity index is 1.56. The molecule has 2 N–H and O–H groups in total. The van der Waals surface area contributed by atoms with Gasteiger partial charge in [-0.05, 0) is 36.1 Å². The number of pyridine rings is 2. The maximum absolute atomic E-state index is 12.8. The summed E-state index contributed by atoms with van der Waals surface area (Å²) in [5.41, 5.74) is 5.81. The summed E-state index contributed by atoms with van der Waals surface area (Å²) in [6, 6.07) is 14.0. The molecule has 1 unspecified atom stereocenters. The molecule has 1 atom stereocenters. The molecule has 1 aliphatic heterocycles. The van der Waals surface area contributed by atoms with Crippen molar-refractivity contribution < 1.29 is 0 Å². The second-order valence-corrected chi connectivity index (χ2v) is 7.31. The van der Waals surface area contributed by atoms with E-state index in [4.69, 9.17) is 0 Å². The highest BCUT2D eigenvalue weighted by molar-refractivity contribution is 5.81. The Kier molecular flexibility index (Phi) is 4.06. The molecular weight excluding hydrogens is 350 g/mol. The van der Waals surface area contributed by atoms with Crippen molar-refractivity contribution in [3.63, 3.8) is 0 Å². The SMILES string of the molecule is Cc1cccc2cc(CN3CCc4[nH]cnc4C3c3ccccn3)c(=O)[nH]c12. The van der Waals surface area contributed by atoms with E-state index in [0.717, 1.165) is 52.1 Å². The van der Waals surface area contributed by atoms with Gasteiger partial charge in [-0.15, -0.1) is 0 Å². The summed E-state index contributed by atoms with van der Waals surface area (Å²) in [7, 11) is 0. The van der Waals surface area contributed by atoms with Gasteiger partial charge in [0, 0.05) is 37.0 Å². The van der Waals surface area contributed by atoms with Crippen LogP contribution in [0.3, 0.4) is 0 Å². The zero-order valence-electron chi connectivity index (χ0n) is 15.6. The van der Waals surface area contributed by atoms with Crippen LogP contribution in [0.4, 0.5) is 0 Å². The molecule has 28 heavy (non-hydrogen) atoms. The van der Waals surface area contributed by atoms with Crippen LogP contribution in [0.15, 0.2) is 59.8 Å². The molecule has 4 aromatic rings. The number of aromatic nitrogens is 4. The third-order valence-corrected chi connectivity index (χ3v) is 5.53. The topological polar surface area (TPSA) is 77.7 Å². The number of aromatic amines is 2. The number of H-pyrrole nitrogens is 2. The van der Waals surface area contributed by atoms with Crippen LogP contribution >= 0.6 is 0 Å². The first-order valence-corrected chi connectivity index (χ1v) is 9.49. The molecule has 6 nitrogen and oxygen atoms in total. The number of hydrogen-bond acceptors (Lipinski definition) is 4. The largest absolute Gasteiger partial charge is 0.348 e. The second-order valence-electron chi connectivity index (χ2n) is 7.31. The number of fused-ring (bicyclic) bond motifs is 2. The summed E-state index contributed by atoms with van der Waals surface area (Å²) in [4.78, 5) is 30.5. The number of hydrogen-bond donors (Lipinski definition) is 2. The Morgan fingerprint density at radius 1 is 1.18 bits per heavy atom. The molecule has 0 bridgehead atoms. The number of rotatable bonds is 3. The third kappa shape index (κ3) is 2.82. The Hall–Kier alpha value is -3.25. The number of aryl methyl sites for hydroxylation is 1. The fourth-order valence-corrected chi connectivity index (χ4v) is 4.12. The molecule has 0 saturated heterocycles. The predicted octanol–water partition coefficient (Wildman–Crippen LogP) is 3.10. The number of para-hydroxylation sites is 1.